The molecule has 138 valence electrons. The van der Waals surface area contributed by atoms with Crippen molar-refractivity contribution in [2.75, 3.05) is 11.1 Å². The van der Waals surface area contributed by atoms with Crippen LogP contribution in [0.1, 0.15) is 52.9 Å². The lowest BCUT2D eigenvalue weighted by molar-refractivity contribution is 0.0915. The van der Waals surface area contributed by atoms with Crippen molar-refractivity contribution in [1.29, 1.82) is 0 Å². The van der Waals surface area contributed by atoms with Gasteiger partial charge in [0.05, 0.1) is 26.8 Å². The molecule has 1 aliphatic carbocycles. The molecular formula is C18H20N2O4S2. The van der Waals surface area contributed by atoms with E-state index >= 15 is 0 Å². The van der Waals surface area contributed by atoms with Crippen LogP contribution in [0, 0.1) is 5.41 Å². The molecule has 0 saturated carbocycles. The number of carbonyl (C=O) groups excluding carboxylic acids is 2. The molecule has 1 N–H and O–H groups in total. The second-order valence-electron chi connectivity index (χ2n) is 7.09. The Hall–Kier alpha value is -2.06. The summed E-state index contributed by atoms with van der Waals surface area (Å²) in [4.78, 5) is 29.9. The molecule has 0 aliphatic heterocycles. The first-order valence-electron chi connectivity index (χ1n) is 8.29. The Bertz CT molecular complexity index is 990. The van der Waals surface area contributed by atoms with Crippen LogP contribution in [0.25, 0.3) is 0 Å². The van der Waals surface area contributed by atoms with Gasteiger partial charge in [-0.25, -0.2) is 13.4 Å². The first kappa shape index (κ1) is 18.7. The first-order chi connectivity index (χ1) is 12.1. The van der Waals surface area contributed by atoms with Crippen molar-refractivity contribution in [3.05, 3.63) is 40.4 Å². The number of carbonyl (C=O) groups is 2. The predicted octanol–water partition coefficient (Wildman–Crippen LogP) is 3.34. The smallest absolute Gasteiger partial charge is 0.258 e. The van der Waals surface area contributed by atoms with Gasteiger partial charge in [0.2, 0.25) is 0 Å². The summed E-state index contributed by atoms with van der Waals surface area (Å²) >= 11 is 1.14. The molecule has 1 aromatic carbocycles. The van der Waals surface area contributed by atoms with E-state index in [0.29, 0.717) is 28.5 Å². The van der Waals surface area contributed by atoms with Crippen LogP contribution in [0.3, 0.4) is 0 Å². The van der Waals surface area contributed by atoms with Gasteiger partial charge in [-0.3, -0.25) is 14.9 Å². The zero-order chi connectivity index (χ0) is 19.1. The van der Waals surface area contributed by atoms with Crippen LogP contribution in [-0.4, -0.2) is 30.8 Å². The Morgan fingerprint density at radius 2 is 1.96 bits per heavy atom. The van der Waals surface area contributed by atoms with Crippen LogP contribution < -0.4 is 5.32 Å². The SMILES string of the molecule is CCS(=O)(=O)c1ccccc1C(=O)Nc1nc2c(s1)C(=O)CC(C)(C)C2. The maximum atomic E-state index is 12.6. The van der Waals surface area contributed by atoms with Gasteiger partial charge in [-0.1, -0.05) is 44.2 Å². The fourth-order valence-corrected chi connectivity index (χ4v) is 5.03. The van der Waals surface area contributed by atoms with E-state index in [2.05, 4.69) is 10.3 Å². The lowest BCUT2D eigenvalue weighted by Crippen LogP contribution is -2.26. The van der Waals surface area contributed by atoms with Gasteiger partial charge in [0.25, 0.3) is 5.91 Å². The van der Waals surface area contributed by atoms with Gasteiger partial charge in [0, 0.05) is 6.42 Å². The summed E-state index contributed by atoms with van der Waals surface area (Å²) in [6.45, 7) is 5.56. The molecule has 0 saturated heterocycles. The van der Waals surface area contributed by atoms with Gasteiger partial charge >= 0.3 is 0 Å². The maximum Gasteiger partial charge on any atom is 0.258 e. The summed E-state index contributed by atoms with van der Waals surface area (Å²) in [6, 6.07) is 6.09. The maximum absolute atomic E-state index is 12.6. The summed E-state index contributed by atoms with van der Waals surface area (Å²) in [6.07, 6.45) is 1.12. The molecule has 0 bridgehead atoms. The van der Waals surface area contributed by atoms with E-state index in [1.807, 2.05) is 13.8 Å². The molecule has 3 rings (SSSR count). The van der Waals surface area contributed by atoms with Crippen LogP contribution in [0.15, 0.2) is 29.2 Å². The second kappa shape index (κ2) is 6.59. The molecule has 1 amide bonds. The van der Waals surface area contributed by atoms with E-state index in [4.69, 9.17) is 0 Å². The Morgan fingerprint density at radius 3 is 2.65 bits per heavy atom. The summed E-state index contributed by atoms with van der Waals surface area (Å²) in [7, 11) is -3.52. The number of rotatable bonds is 4. The molecule has 26 heavy (non-hydrogen) atoms. The van der Waals surface area contributed by atoms with E-state index in [1.54, 1.807) is 12.1 Å². The van der Waals surface area contributed by atoms with E-state index in [0.717, 1.165) is 11.3 Å². The average Bonchev–Trinajstić information content (AvgIpc) is 2.96. The first-order valence-corrected chi connectivity index (χ1v) is 10.8. The molecule has 0 unspecified atom stereocenters. The third-order valence-corrected chi connectivity index (χ3v) is 7.14. The highest BCUT2D eigenvalue weighted by molar-refractivity contribution is 7.91. The van der Waals surface area contributed by atoms with E-state index in [-0.39, 0.29) is 27.4 Å². The van der Waals surface area contributed by atoms with E-state index < -0.39 is 15.7 Å². The quantitative estimate of drug-likeness (QED) is 0.861. The van der Waals surface area contributed by atoms with Gasteiger partial charge in [-0.15, -0.1) is 0 Å². The number of anilines is 1. The van der Waals surface area contributed by atoms with Gasteiger partial charge in [-0.2, -0.15) is 0 Å². The lowest BCUT2D eigenvalue weighted by atomic mass is 9.78. The fraction of sp³-hybridized carbons (Fsp3) is 0.389. The minimum atomic E-state index is -3.52. The number of amides is 1. The number of sulfone groups is 1. The Morgan fingerprint density at radius 1 is 1.27 bits per heavy atom. The van der Waals surface area contributed by atoms with E-state index in [1.165, 1.54) is 19.1 Å². The van der Waals surface area contributed by atoms with E-state index in [9.17, 15) is 18.0 Å². The minimum Gasteiger partial charge on any atom is -0.298 e. The topological polar surface area (TPSA) is 93.2 Å². The van der Waals surface area contributed by atoms with Gasteiger partial charge in [0.15, 0.2) is 20.8 Å². The van der Waals surface area contributed by atoms with Crippen molar-refractivity contribution >= 4 is 38.0 Å². The largest absolute Gasteiger partial charge is 0.298 e. The van der Waals surface area contributed by atoms with Crippen molar-refractivity contribution in [1.82, 2.24) is 4.98 Å². The number of nitrogens with one attached hydrogen (secondary N) is 1. The van der Waals surface area contributed by atoms with Crippen LogP contribution in [-0.2, 0) is 16.3 Å². The Kier molecular flexibility index (Phi) is 4.74. The van der Waals surface area contributed by atoms with Crippen LogP contribution in [0.4, 0.5) is 5.13 Å². The molecule has 8 heteroatoms. The highest BCUT2D eigenvalue weighted by Gasteiger charge is 2.34. The number of ketones is 1. The third-order valence-electron chi connectivity index (χ3n) is 4.30. The highest BCUT2D eigenvalue weighted by atomic mass is 32.2. The van der Waals surface area contributed by atoms with Gasteiger partial charge < -0.3 is 0 Å². The summed E-state index contributed by atoms with van der Waals surface area (Å²) in [5.41, 5.74) is 0.622. The van der Waals surface area contributed by atoms with Crippen molar-refractivity contribution in [3.63, 3.8) is 0 Å². The van der Waals surface area contributed by atoms with Crippen molar-refractivity contribution < 1.29 is 18.0 Å². The molecule has 0 fully saturated rings. The molecule has 0 radical (unpaired) electrons. The predicted molar refractivity (Wildman–Crippen MR) is 101 cm³/mol. The molecule has 6 nitrogen and oxygen atoms in total. The molecule has 0 atom stereocenters. The minimum absolute atomic E-state index is 0.00136. The monoisotopic (exact) mass is 392 g/mol. The summed E-state index contributed by atoms with van der Waals surface area (Å²) in [5.74, 6) is -0.606. The number of fused-ring (bicyclic) bond motifs is 1. The average molecular weight is 393 g/mol. The fourth-order valence-electron chi connectivity index (χ4n) is 3.02. The number of hydrogen-bond donors (Lipinski definition) is 1. The Balaban J connectivity index is 1.91. The standard InChI is InChI=1S/C18H20N2O4S2/c1-4-26(23,24)14-8-6-5-7-11(14)16(22)20-17-19-12-9-18(2,3)10-13(21)15(12)25-17/h5-8H,4,9-10H2,1-3H3,(H,19,20,22). The molecule has 0 spiro atoms. The molecule has 1 heterocycles. The van der Waals surface area contributed by atoms with Crippen molar-refractivity contribution in [3.8, 4) is 0 Å². The number of aromatic nitrogens is 1. The number of Topliss-reactive ketones (excluding diaryl/α,β-unsaturated/α-hetero) is 1. The summed E-state index contributed by atoms with van der Waals surface area (Å²) in [5, 5.41) is 2.97. The number of thiazole rings is 1. The van der Waals surface area contributed by atoms with Crippen LogP contribution in [0.2, 0.25) is 0 Å². The summed E-state index contributed by atoms with van der Waals surface area (Å²) < 4.78 is 24.4. The normalized spacial score (nSPS) is 16.2. The number of hydrogen-bond acceptors (Lipinski definition) is 6. The van der Waals surface area contributed by atoms with Crippen molar-refractivity contribution in [2.45, 2.75) is 38.5 Å². The lowest BCUT2D eigenvalue weighted by Gasteiger charge is -2.26. The van der Waals surface area contributed by atoms with Crippen LogP contribution in [0.5, 0.6) is 0 Å². The Labute approximate surface area is 156 Å². The second-order valence-corrected chi connectivity index (χ2v) is 10.3. The molecule has 1 aliphatic rings. The molecule has 2 aromatic rings. The molecular weight excluding hydrogens is 372 g/mol. The van der Waals surface area contributed by atoms with Crippen LogP contribution >= 0.6 is 11.3 Å². The van der Waals surface area contributed by atoms with Crippen molar-refractivity contribution in [2.24, 2.45) is 5.41 Å². The highest BCUT2D eigenvalue weighted by Crippen LogP contribution is 2.38. The van der Waals surface area contributed by atoms with Gasteiger partial charge in [-0.05, 0) is 24.0 Å². The zero-order valence-corrected chi connectivity index (χ0v) is 16.5. The van der Waals surface area contributed by atoms with Gasteiger partial charge in [0.1, 0.15) is 0 Å². The third kappa shape index (κ3) is 3.57. The molecule has 1 aromatic heterocycles. The number of nitrogens with zero attached hydrogens (tertiary/aromatic N) is 1. The zero-order valence-electron chi connectivity index (χ0n) is 14.8. The number of benzene rings is 1.